The van der Waals surface area contributed by atoms with Crippen molar-refractivity contribution in [1.29, 1.82) is 0 Å². The molecule has 0 unspecified atom stereocenters. The van der Waals surface area contributed by atoms with E-state index < -0.39 is 0 Å². The largest absolute Gasteiger partial charge is 0.468 e. The first-order valence-corrected chi connectivity index (χ1v) is 9.64. The molecule has 0 aliphatic rings. The molecule has 0 bridgehead atoms. The van der Waals surface area contributed by atoms with E-state index in [0.29, 0.717) is 15.4 Å². The minimum atomic E-state index is -0.387. The highest BCUT2D eigenvalue weighted by Crippen LogP contribution is 2.24. The lowest BCUT2D eigenvalue weighted by atomic mass is 10.1. The van der Waals surface area contributed by atoms with Gasteiger partial charge in [-0.2, -0.15) is 4.99 Å². The molecule has 0 radical (unpaired) electrons. The Labute approximate surface area is 158 Å². The molecule has 136 valence electrons. The smallest absolute Gasteiger partial charge is 0.325 e. The Morgan fingerprint density at radius 3 is 2.54 bits per heavy atom. The number of fused-ring (bicyclic) bond motifs is 1. The Balaban J connectivity index is 2.22. The second-order valence-electron chi connectivity index (χ2n) is 6.04. The lowest BCUT2D eigenvalue weighted by Crippen LogP contribution is -2.22. The number of carbonyl (C=O) groups is 2. The number of aromatic nitrogens is 2. The molecule has 2 heterocycles. The Bertz CT molecular complexity index is 1090. The molecular weight excluding hydrogens is 370 g/mol. The van der Waals surface area contributed by atoms with Crippen molar-refractivity contribution in [3.63, 3.8) is 0 Å². The SMILES string of the molecule is COC(=O)Cn1c(=NC(=O)c2sc(C)nc2C)sc2c(C)cc(C)cc21. The van der Waals surface area contributed by atoms with Gasteiger partial charge in [0.2, 0.25) is 0 Å². The van der Waals surface area contributed by atoms with E-state index in [2.05, 4.69) is 16.0 Å². The summed E-state index contributed by atoms with van der Waals surface area (Å²) < 4.78 is 7.56. The van der Waals surface area contributed by atoms with E-state index in [1.807, 2.05) is 26.8 Å². The molecule has 0 spiro atoms. The molecule has 3 aromatic rings. The first kappa shape index (κ1) is 18.5. The van der Waals surface area contributed by atoms with Crippen molar-refractivity contribution in [2.24, 2.45) is 4.99 Å². The Kier molecular flexibility index (Phi) is 5.06. The van der Waals surface area contributed by atoms with Crippen LogP contribution in [-0.4, -0.2) is 28.5 Å². The third-order valence-corrected chi connectivity index (χ3v) is 6.21. The number of thiazole rings is 2. The van der Waals surface area contributed by atoms with E-state index in [4.69, 9.17) is 4.74 Å². The summed E-state index contributed by atoms with van der Waals surface area (Å²) in [5.41, 5.74) is 3.72. The van der Waals surface area contributed by atoms with Gasteiger partial charge >= 0.3 is 5.97 Å². The highest BCUT2D eigenvalue weighted by Gasteiger charge is 2.16. The second-order valence-corrected chi connectivity index (χ2v) is 8.22. The fourth-order valence-electron chi connectivity index (χ4n) is 2.81. The molecule has 0 atom stereocenters. The van der Waals surface area contributed by atoms with Crippen LogP contribution in [0.15, 0.2) is 17.1 Å². The summed E-state index contributed by atoms with van der Waals surface area (Å²) in [4.78, 5) is 34.1. The number of rotatable bonds is 3. The summed E-state index contributed by atoms with van der Waals surface area (Å²) in [5.74, 6) is -0.727. The van der Waals surface area contributed by atoms with Crippen LogP contribution in [0.4, 0.5) is 0 Å². The van der Waals surface area contributed by atoms with Gasteiger partial charge in [0.05, 0.1) is 28.0 Å². The lowest BCUT2D eigenvalue weighted by Gasteiger charge is -2.05. The van der Waals surface area contributed by atoms with Crippen LogP contribution in [0.25, 0.3) is 10.2 Å². The third-order valence-electron chi connectivity index (χ3n) is 3.92. The van der Waals surface area contributed by atoms with E-state index in [9.17, 15) is 9.59 Å². The van der Waals surface area contributed by atoms with Gasteiger partial charge in [-0.15, -0.1) is 11.3 Å². The summed E-state index contributed by atoms with van der Waals surface area (Å²) in [7, 11) is 1.35. The van der Waals surface area contributed by atoms with Crippen LogP contribution in [0.2, 0.25) is 0 Å². The highest BCUT2D eigenvalue weighted by molar-refractivity contribution is 7.16. The summed E-state index contributed by atoms with van der Waals surface area (Å²) >= 11 is 2.73. The second kappa shape index (κ2) is 7.13. The van der Waals surface area contributed by atoms with Crippen LogP contribution in [0.1, 0.15) is 31.5 Å². The number of carbonyl (C=O) groups excluding carboxylic acids is 2. The van der Waals surface area contributed by atoms with Crippen LogP contribution in [-0.2, 0) is 16.1 Å². The average Bonchev–Trinajstić information content (AvgIpc) is 3.08. The predicted octanol–water partition coefficient (Wildman–Crippen LogP) is 3.31. The molecular formula is C18H19N3O3S2. The molecule has 2 aromatic heterocycles. The minimum Gasteiger partial charge on any atom is -0.468 e. The maximum atomic E-state index is 12.7. The van der Waals surface area contributed by atoms with Crippen molar-refractivity contribution < 1.29 is 14.3 Å². The van der Waals surface area contributed by atoms with E-state index in [1.165, 1.54) is 29.8 Å². The summed E-state index contributed by atoms with van der Waals surface area (Å²) in [5, 5.41) is 0.825. The van der Waals surface area contributed by atoms with E-state index in [0.717, 1.165) is 26.4 Å². The maximum absolute atomic E-state index is 12.7. The summed E-state index contributed by atoms with van der Waals surface area (Å²) in [6, 6.07) is 4.07. The van der Waals surface area contributed by atoms with Gasteiger partial charge in [-0.3, -0.25) is 9.59 Å². The number of hydrogen-bond acceptors (Lipinski definition) is 6. The van der Waals surface area contributed by atoms with Gasteiger partial charge in [0.1, 0.15) is 11.4 Å². The molecule has 6 nitrogen and oxygen atoms in total. The van der Waals surface area contributed by atoms with Gasteiger partial charge in [0.15, 0.2) is 4.80 Å². The van der Waals surface area contributed by atoms with Crippen LogP contribution in [0.5, 0.6) is 0 Å². The van der Waals surface area contributed by atoms with Crippen molar-refractivity contribution in [2.45, 2.75) is 34.2 Å². The zero-order valence-electron chi connectivity index (χ0n) is 15.2. The molecule has 26 heavy (non-hydrogen) atoms. The number of amides is 1. The first-order valence-electron chi connectivity index (χ1n) is 8.00. The maximum Gasteiger partial charge on any atom is 0.325 e. The number of benzene rings is 1. The number of esters is 1. The molecule has 8 heteroatoms. The fourth-order valence-corrected chi connectivity index (χ4v) is 4.69. The number of hydrogen-bond donors (Lipinski definition) is 0. The van der Waals surface area contributed by atoms with Crippen molar-refractivity contribution >= 4 is 44.8 Å². The fraction of sp³-hybridized carbons (Fsp3) is 0.333. The van der Waals surface area contributed by atoms with Gasteiger partial charge in [0.25, 0.3) is 5.91 Å². The Morgan fingerprint density at radius 1 is 1.19 bits per heavy atom. The molecule has 0 N–H and O–H groups in total. The van der Waals surface area contributed by atoms with Gasteiger partial charge in [-0.05, 0) is 44.9 Å². The predicted molar refractivity (Wildman–Crippen MR) is 103 cm³/mol. The van der Waals surface area contributed by atoms with Gasteiger partial charge in [0, 0.05) is 0 Å². The summed E-state index contributed by atoms with van der Waals surface area (Å²) in [6.45, 7) is 7.67. The monoisotopic (exact) mass is 389 g/mol. The molecule has 1 aromatic carbocycles. The van der Waals surface area contributed by atoms with Crippen LogP contribution in [0, 0.1) is 27.7 Å². The first-order chi connectivity index (χ1) is 12.3. The average molecular weight is 390 g/mol. The van der Waals surface area contributed by atoms with Gasteiger partial charge in [-0.1, -0.05) is 17.4 Å². The summed E-state index contributed by atoms with van der Waals surface area (Å²) in [6.07, 6.45) is 0. The zero-order chi connectivity index (χ0) is 19.0. The minimum absolute atomic E-state index is 0.00616. The zero-order valence-corrected chi connectivity index (χ0v) is 16.9. The lowest BCUT2D eigenvalue weighted by molar-refractivity contribution is -0.141. The quantitative estimate of drug-likeness (QED) is 0.644. The van der Waals surface area contributed by atoms with E-state index in [-0.39, 0.29) is 18.4 Å². The van der Waals surface area contributed by atoms with Crippen molar-refractivity contribution in [1.82, 2.24) is 9.55 Å². The van der Waals surface area contributed by atoms with Crippen molar-refractivity contribution in [3.05, 3.63) is 43.6 Å². The molecule has 0 aliphatic carbocycles. The van der Waals surface area contributed by atoms with Crippen LogP contribution >= 0.6 is 22.7 Å². The number of methoxy groups -OCH3 is 1. The normalized spacial score (nSPS) is 12.0. The molecule has 1 amide bonds. The number of nitrogens with zero attached hydrogens (tertiary/aromatic N) is 3. The topological polar surface area (TPSA) is 73.6 Å². The van der Waals surface area contributed by atoms with E-state index >= 15 is 0 Å². The number of aryl methyl sites for hydroxylation is 4. The van der Waals surface area contributed by atoms with Crippen molar-refractivity contribution in [2.75, 3.05) is 7.11 Å². The molecule has 0 saturated heterocycles. The van der Waals surface area contributed by atoms with Crippen LogP contribution < -0.4 is 4.80 Å². The van der Waals surface area contributed by atoms with Gasteiger partial charge in [-0.25, -0.2) is 4.98 Å². The van der Waals surface area contributed by atoms with Crippen molar-refractivity contribution in [3.8, 4) is 0 Å². The highest BCUT2D eigenvalue weighted by atomic mass is 32.1. The van der Waals surface area contributed by atoms with Crippen LogP contribution in [0.3, 0.4) is 0 Å². The molecule has 0 saturated carbocycles. The third kappa shape index (κ3) is 3.47. The Morgan fingerprint density at radius 2 is 1.92 bits per heavy atom. The molecule has 3 rings (SSSR count). The standard InChI is InChI=1S/C18H19N3O3S2/c1-9-6-10(2)15-13(7-9)21(8-14(22)24-5)18(26-15)20-17(23)16-11(3)19-12(4)25-16/h6-7H,8H2,1-5H3. The van der Waals surface area contributed by atoms with E-state index in [1.54, 1.807) is 11.5 Å². The number of ether oxygens (including phenoxy) is 1. The molecule has 0 fully saturated rings. The Hall–Kier alpha value is -2.32. The molecule has 0 aliphatic heterocycles. The van der Waals surface area contributed by atoms with Gasteiger partial charge < -0.3 is 9.30 Å².